The second-order valence-electron chi connectivity index (χ2n) is 7.32. The minimum atomic E-state index is 0.244. The van der Waals surface area contributed by atoms with Crippen molar-refractivity contribution in [1.82, 2.24) is 0 Å². The standard InChI is InChI=1S/C27H18S/c1-3-10-18(11-4-1)24(19-12-5-2-6-13-19)27-26-22-15-8-7-14-20(22)21-16-9-17-23(28-27)25(21)26/h1-17,24H. The number of thiophene rings is 1. The summed E-state index contributed by atoms with van der Waals surface area (Å²) >= 11 is 1.95. The van der Waals surface area contributed by atoms with Crippen LogP contribution in [-0.4, -0.2) is 0 Å². The molecule has 1 heteroatoms. The minimum absolute atomic E-state index is 0.244. The minimum Gasteiger partial charge on any atom is -0.139 e. The van der Waals surface area contributed by atoms with Gasteiger partial charge in [0.15, 0.2) is 0 Å². The Kier molecular flexibility index (Phi) is 3.50. The molecule has 0 saturated carbocycles. The van der Waals surface area contributed by atoms with E-state index in [4.69, 9.17) is 0 Å². The van der Waals surface area contributed by atoms with Crippen molar-refractivity contribution in [3.8, 4) is 22.3 Å². The molecule has 1 aliphatic rings. The SMILES string of the molecule is c1ccc(C(c2ccccc2)c2sc3cccc4c3c2-c2ccccc2-4)cc1. The molecule has 28 heavy (non-hydrogen) atoms. The second-order valence-corrected chi connectivity index (χ2v) is 8.40. The van der Waals surface area contributed by atoms with Gasteiger partial charge in [0.1, 0.15) is 0 Å². The summed E-state index contributed by atoms with van der Waals surface area (Å²) in [5.74, 6) is 0.244. The van der Waals surface area contributed by atoms with Gasteiger partial charge in [-0.1, -0.05) is 97.1 Å². The molecule has 5 aromatic rings. The first kappa shape index (κ1) is 15.9. The Morgan fingerprint density at radius 3 is 1.75 bits per heavy atom. The van der Waals surface area contributed by atoms with Crippen LogP contribution in [0.5, 0.6) is 0 Å². The number of fused-ring (bicyclic) bond motifs is 3. The molecule has 6 rings (SSSR count). The lowest BCUT2D eigenvalue weighted by Crippen LogP contribution is -2.02. The van der Waals surface area contributed by atoms with Gasteiger partial charge in [-0.25, -0.2) is 0 Å². The van der Waals surface area contributed by atoms with Crippen LogP contribution in [0.25, 0.3) is 32.3 Å². The largest absolute Gasteiger partial charge is 0.139 e. The van der Waals surface area contributed by atoms with Gasteiger partial charge < -0.3 is 0 Å². The van der Waals surface area contributed by atoms with Crippen LogP contribution in [0.1, 0.15) is 21.9 Å². The van der Waals surface area contributed by atoms with Crippen molar-refractivity contribution in [3.05, 3.63) is 119 Å². The van der Waals surface area contributed by atoms with E-state index in [-0.39, 0.29) is 5.92 Å². The third-order valence-corrected chi connectivity index (χ3v) is 6.98. The van der Waals surface area contributed by atoms with E-state index in [2.05, 4.69) is 103 Å². The molecule has 4 aromatic carbocycles. The topological polar surface area (TPSA) is 0 Å². The molecular formula is C27H18S. The maximum Gasteiger partial charge on any atom is 0.0440 e. The van der Waals surface area contributed by atoms with Gasteiger partial charge in [0.05, 0.1) is 0 Å². The third kappa shape index (κ3) is 2.23. The van der Waals surface area contributed by atoms with E-state index in [0.717, 1.165) is 0 Å². The molecule has 1 aromatic heterocycles. The Balaban J connectivity index is 1.70. The lowest BCUT2D eigenvalue weighted by atomic mass is 9.87. The second kappa shape index (κ2) is 6.19. The summed E-state index contributed by atoms with van der Waals surface area (Å²) in [5, 5.41) is 1.43. The number of rotatable bonds is 3. The first-order valence-corrected chi connectivity index (χ1v) is 10.5. The van der Waals surface area contributed by atoms with Gasteiger partial charge in [-0.3, -0.25) is 0 Å². The van der Waals surface area contributed by atoms with Gasteiger partial charge in [-0.05, 0) is 33.9 Å². The van der Waals surface area contributed by atoms with E-state index in [1.807, 2.05) is 11.3 Å². The van der Waals surface area contributed by atoms with Crippen molar-refractivity contribution >= 4 is 21.4 Å². The van der Waals surface area contributed by atoms with Crippen molar-refractivity contribution < 1.29 is 0 Å². The first-order chi connectivity index (χ1) is 13.9. The first-order valence-electron chi connectivity index (χ1n) is 9.67. The molecule has 0 fully saturated rings. The third-order valence-electron chi connectivity index (χ3n) is 5.76. The van der Waals surface area contributed by atoms with Gasteiger partial charge in [-0.15, -0.1) is 11.3 Å². The Bertz CT molecular complexity index is 1260. The van der Waals surface area contributed by atoms with Crippen molar-refractivity contribution in [2.75, 3.05) is 0 Å². The zero-order valence-corrected chi connectivity index (χ0v) is 16.1. The quantitative estimate of drug-likeness (QED) is 0.297. The normalized spacial score (nSPS) is 11.9. The van der Waals surface area contributed by atoms with Crippen molar-refractivity contribution in [1.29, 1.82) is 0 Å². The van der Waals surface area contributed by atoms with E-state index in [9.17, 15) is 0 Å². The van der Waals surface area contributed by atoms with Crippen LogP contribution in [0.3, 0.4) is 0 Å². The summed E-state index contributed by atoms with van der Waals surface area (Å²) in [7, 11) is 0. The predicted octanol–water partition coefficient (Wildman–Crippen LogP) is 7.73. The maximum absolute atomic E-state index is 2.29. The molecule has 0 radical (unpaired) electrons. The molecule has 0 aliphatic heterocycles. The number of benzene rings is 4. The number of hydrogen-bond acceptors (Lipinski definition) is 1. The van der Waals surface area contributed by atoms with Crippen LogP contribution >= 0.6 is 11.3 Å². The Morgan fingerprint density at radius 2 is 1.07 bits per heavy atom. The van der Waals surface area contributed by atoms with Gasteiger partial charge >= 0.3 is 0 Å². The summed E-state index contributed by atoms with van der Waals surface area (Å²) in [6.07, 6.45) is 0. The summed E-state index contributed by atoms with van der Waals surface area (Å²) in [4.78, 5) is 1.45. The van der Waals surface area contributed by atoms with Crippen LogP contribution in [0.4, 0.5) is 0 Å². The molecule has 0 atom stereocenters. The smallest absolute Gasteiger partial charge is 0.0440 e. The molecule has 0 unspecified atom stereocenters. The van der Waals surface area contributed by atoms with Crippen molar-refractivity contribution in [2.45, 2.75) is 5.92 Å². The average Bonchev–Trinajstić information content (AvgIpc) is 3.31. The fourth-order valence-electron chi connectivity index (χ4n) is 4.58. The van der Waals surface area contributed by atoms with E-state index in [1.54, 1.807) is 0 Å². The molecule has 0 amide bonds. The molecule has 1 aliphatic carbocycles. The predicted molar refractivity (Wildman–Crippen MR) is 120 cm³/mol. The van der Waals surface area contributed by atoms with Crippen LogP contribution in [0.15, 0.2) is 103 Å². The molecule has 1 heterocycles. The molecular weight excluding hydrogens is 356 g/mol. The lowest BCUT2D eigenvalue weighted by molar-refractivity contribution is 1.01. The highest BCUT2D eigenvalue weighted by Crippen LogP contribution is 2.55. The average molecular weight is 375 g/mol. The Hall–Kier alpha value is -3.16. The highest BCUT2D eigenvalue weighted by atomic mass is 32.1. The molecule has 132 valence electrons. The molecule has 0 nitrogen and oxygen atoms in total. The fraction of sp³-hybridized carbons (Fsp3) is 0.0370. The molecule has 0 saturated heterocycles. The number of hydrogen-bond donors (Lipinski definition) is 0. The maximum atomic E-state index is 2.29. The Morgan fingerprint density at radius 1 is 0.500 bits per heavy atom. The highest BCUT2D eigenvalue weighted by Gasteiger charge is 2.30. The van der Waals surface area contributed by atoms with E-state index < -0.39 is 0 Å². The lowest BCUT2D eigenvalue weighted by Gasteiger charge is -2.19. The van der Waals surface area contributed by atoms with Crippen LogP contribution in [-0.2, 0) is 0 Å². The monoisotopic (exact) mass is 374 g/mol. The van der Waals surface area contributed by atoms with E-state index in [1.165, 1.54) is 48.3 Å². The van der Waals surface area contributed by atoms with Crippen LogP contribution in [0.2, 0.25) is 0 Å². The van der Waals surface area contributed by atoms with E-state index >= 15 is 0 Å². The van der Waals surface area contributed by atoms with Gasteiger partial charge in [0, 0.05) is 26.4 Å². The van der Waals surface area contributed by atoms with Crippen LogP contribution in [0, 0.1) is 0 Å². The molecule has 0 spiro atoms. The van der Waals surface area contributed by atoms with E-state index in [0.29, 0.717) is 0 Å². The highest BCUT2D eigenvalue weighted by molar-refractivity contribution is 7.20. The summed E-state index contributed by atoms with van der Waals surface area (Å²) < 4.78 is 1.38. The molecule has 0 N–H and O–H groups in total. The van der Waals surface area contributed by atoms with Gasteiger partial charge in [0.2, 0.25) is 0 Å². The summed E-state index contributed by atoms with van der Waals surface area (Å²) in [6.45, 7) is 0. The summed E-state index contributed by atoms with van der Waals surface area (Å²) in [5.41, 5.74) is 8.26. The molecule has 0 bridgehead atoms. The Labute approximate surface area is 168 Å². The zero-order chi connectivity index (χ0) is 18.5. The van der Waals surface area contributed by atoms with Gasteiger partial charge in [-0.2, -0.15) is 0 Å². The zero-order valence-electron chi connectivity index (χ0n) is 15.3. The fourth-order valence-corrected chi connectivity index (χ4v) is 5.99. The van der Waals surface area contributed by atoms with Gasteiger partial charge in [0.25, 0.3) is 0 Å². The van der Waals surface area contributed by atoms with Crippen molar-refractivity contribution in [2.24, 2.45) is 0 Å². The summed E-state index contributed by atoms with van der Waals surface area (Å²) in [6, 6.07) is 37.4. The van der Waals surface area contributed by atoms with Crippen LogP contribution < -0.4 is 0 Å². The van der Waals surface area contributed by atoms with Crippen molar-refractivity contribution in [3.63, 3.8) is 0 Å².